The van der Waals surface area contributed by atoms with E-state index in [-0.39, 0.29) is 11.9 Å². The number of aromatic amines is 1. The Bertz CT molecular complexity index is 1030. The molecule has 0 fully saturated rings. The number of fused-ring (bicyclic) bond motifs is 2. The van der Waals surface area contributed by atoms with Gasteiger partial charge in [-0.15, -0.1) is 0 Å². The lowest BCUT2D eigenvalue weighted by Gasteiger charge is -2.35. The first-order valence-corrected chi connectivity index (χ1v) is 9.94. The van der Waals surface area contributed by atoms with Crippen molar-refractivity contribution in [2.45, 2.75) is 32.2 Å². The molecule has 0 radical (unpaired) electrons. The van der Waals surface area contributed by atoms with Crippen molar-refractivity contribution in [3.05, 3.63) is 59.0 Å². The summed E-state index contributed by atoms with van der Waals surface area (Å²) in [5.41, 5.74) is 4.24. The maximum absolute atomic E-state index is 13.7. The van der Waals surface area contributed by atoms with Crippen molar-refractivity contribution < 1.29 is 18.7 Å². The van der Waals surface area contributed by atoms with Gasteiger partial charge in [-0.05, 0) is 73.2 Å². The van der Waals surface area contributed by atoms with Crippen molar-refractivity contribution in [2.24, 2.45) is 0 Å². The smallest absolute Gasteiger partial charge is 0.210 e. The summed E-state index contributed by atoms with van der Waals surface area (Å²) in [5, 5.41) is 0.892. The summed E-state index contributed by atoms with van der Waals surface area (Å²) in [6.45, 7) is 3.14. The zero-order valence-corrected chi connectivity index (χ0v) is 16.7. The monoisotopic (exact) mass is 396 g/mol. The van der Waals surface area contributed by atoms with Crippen molar-refractivity contribution in [1.29, 1.82) is 0 Å². The van der Waals surface area contributed by atoms with E-state index < -0.39 is 0 Å². The average molecular weight is 396 g/mol. The van der Waals surface area contributed by atoms with Gasteiger partial charge >= 0.3 is 0 Å². The first-order valence-electron chi connectivity index (χ1n) is 9.94. The van der Waals surface area contributed by atoms with E-state index in [2.05, 4.69) is 4.98 Å². The standard InChI is InChI=1S/C23H25FN2O3/c1-3-29-23-12-19-15(10-22(23)28-2)8-9-26(14-27)21(19)7-4-16-13-25-20-6-5-17(24)11-18(16)20/h5-6,10-14,21,25H,3-4,7-9H2,1-2H3/t21-/m0/s1. The minimum Gasteiger partial charge on any atom is -0.493 e. The van der Waals surface area contributed by atoms with Crippen molar-refractivity contribution in [2.75, 3.05) is 20.3 Å². The highest BCUT2D eigenvalue weighted by molar-refractivity contribution is 5.83. The van der Waals surface area contributed by atoms with Crippen LogP contribution in [0.2, 0.25) is 0 Å². The normalized spacial score (nSPS) is 16.0. The molecule has 4 rings (SSSR count). The molecule has 1 N–H and O–H groups in total. The fraction of sp³-hybridized carbons (Fsp3) is 0.348. The molecule has 1 atom stereocenters. The second kappa shape index (κ2) is 8.15. The van der Waals surface area contributed by atoms with Crippen LogP contribution in [0.3, 0.4) is 0 Å². The van der Waals surface area contributed by atoms with E-state index in [1.807, 2.05) is 30.2 Å². The Labute approximate surface area is 169 Å². The number of aryl methyl sites for hydroxylation is 1. The molecule has 2 heterocycles. The van der Waals surface area contributed by atoms with Gasteiger partial charge in [-0.1, -0.05) is 0 Å². The molecule has 1 aliphatic heterocycles. The number of rotatable bonds is 7. The summed E-state index contributed by atoms with van der Waals surface area (Å²) in [5.74, 6) is 1.17. The molecule has 2 aromatic carbocycles. The Morgan fingerprint density at radius 2 is 2.14 bits per heavy atom. The number of halogens is 1. The van der Waals surface area contributed by atoms with Gasteiger partial charge in [0.2, 0.25) is 6.41 Å². The third-order valence-corrected chi connectivity index (χ3v) is 5.68. The van der Waals surface area contributed by atoms with Crippen molar-refractivity contribution in [3.63, 3.8) is 0 Å². The summed E-state index contributed by atoms with van der Waals surface area (Å²) < 4.78 is 24.9. The molecule has 29 heavy (non-hydrogen) atoms. The molecule has 1 aromatic heterocycles. The lowest BCUT2D eigenvalue weighted by molar-refractivity contribution is -0.120. The number of carbonyl (C=O) groups is 1. The highest BCUT2D eigenvalue weighted by atomic mass is 19.1. The van der Waals surface area contributed by atoms with Gasteiger partial charge in [-0.3, -0.25) is 4.79 Å². The third-order valence-electron chi connectivity index (χ3n) is 5.68. The van der Waals surface area contributed by atoms with Gasteiger partial charge in [0.25, 0.3) is 0 Å². The molecule has 0 spiro atoms. The summed E-state index contributed by atoms with van der Waals surface area (Å²) in [6, 6.07) is 8.74. The largest absolute Gasteiger partial charge is 0.493 e. The average Bonchev–Trinajstić information content (AvgIpc) is 3.13. The number of H-pyrrole nitrogens is 1. The van der Waals surface area contributed by atoms with Gasteiger partial charge < -0.3 is 19.4 Å². The number of ether oxygens (including phenoxy) is 2. The molecule has 5 nitrogen and oxygen atoms in total. The Morgan fingerprint density at radius 1 is 1.28 bits per heavy atom. The Kier molecular flexibility index (Phi) is 5.43. The predicted octanol–water partition coefficient (Wildman–Crippen LogP) is 4.40. The summed E-state index contributed by atoms with van der Waals surface area (Å²) in [7, 11) is 1.64. The van der Waals surface area contributed by atoms with Crippen molar-refractivity contribution in [3.8, 4) is 11.5 Å². The zero-order chi connectivity index (χ0) is 20.4. The number of aromatic nitrogens is 1. The van der Waals surface area contributed by atoms with Crippen LogP contribution in [-0.2, 0) is 17.6 Å². The van der Waals surface area contributed by atoms with E-state index in [1.54, 1.807) is 19.2 Å². The van der Waals surface area contributed by atoms with E-state index >= 15 is 0 Å². The first kappa shape index (κ1) is 19.3. The molecule has 0 bridgehead atoms. The quantitative estimate of drug-likeness (QED) is 0.602. The Balaban J connectivity index is 1.66. The minimum atomic E-state index is -0.246. The van der Waals surface area contributed by atoms with Gasteiger partial charge in [0, 0.05) is 23.6 Å². The van der Waals surface area contributed by atoms with Crippen LogP contribution >= 0.6 is 0 Å². The van der Waals surface area contributed by atoms with Crippen LogP contribution in [0.15, 0.2) is 36.5 Å². The maximum atomic E-state index is 13.7. The number of hydrogen-bond acceptors (Lipinski definition) is 3. The predicted molar refractivity (Wildman–Crippen MR) is 110 cm³/mol. The molecule has 1 amide bonds. The SMILES string of the molecule is CCOc1cc2c(cc1OC)CCN(C=O)[C@H]2CCc1c[nH]c2ccc(F)cc12. The van der Waals surface area contributed by atoms with Crippen molar-refractivity contribution in [1.82, 2.24) is 9.88 Å². The first-order chi connectivity index (χ1) is 14.1. The zero-order valence-electron chi connectivity index (χ0n) is 16.7. The molecule has 1 aliphatic rings. The fourth-order valence-corrected chi connectivity index (χ4v) is 4.25. The van der Waals surface area contributed by atoms with E-state index in [4.69, 9.17) is 9.47 Å². The second-order valence-electron chi connectivity index (χ2n) is 7.29. The third kappa shape index (κ3) is 3.67. The van der Waals surface area contributed by atoms with Gasteiger partial charge in [-0.25, -0.2) is 4.39 Å². The molecule has 0 saturated carbocycles. The Morgan fingerprint density at radius 3 is 2.90 bits per heavy atom. The van der Waals surface area contributed by atoms with Gasteiger partial charge in [0.1, 0.15) is 5.82 Å². The van der Waals surface area contributed by atoms with Crippen molar-refractivity contribution >= 4 is 17.3 Å². The number of nitrogens with zero attached hydrogens (tertiary/aromatic N) is 1. The molecule has 0 unspecified atom stereocenters. The van der Waals surface area contributed by atoms with Gasteiger partial charge in [0.05, 0.1) is 19.8 Å². The van der Waals surface area contributed by atoms with Crippen LogP contribution < -0.4 is 9.47 Å². The number of methoxy groups -OCH3 is 1. The van der Waals surface area contributed by atoms with Crippen LogP contribution in [0.1, 0.15) is 36.1 Å². The highest BCUT2D eigenvalue weighted by Crippen LogP contribution is 2.39. The molecule has 3 aromatic rings. The van der Waals surface area contributed by atoms with Gasteiger partial charge in [-0.2, -0.15) is 0 Å². The number of amides is 1. The minimum absolute atomic E-state index is 0.0557. The molecule has 0 aliphatic carbocycles. The fourth-order valence-electron chi connectivity index (χ4n) is 4.25. The van der Waals surface area contributed by atoms with Crippen LogP contribution in [0.25, 0.3) is 10.9 Å². The Hall–Kier alpha value is -3.02. The van der Waals surface area contributed by atoms with Crippen LogP contribution in [0.4, 0.5) is 4.39 Å². The van der Waals surface area contributed by atoms with E-state index in [1.165, 1.54) is 11.6 Å². The van der Waals surface area contributed by atoms with Gasteiger partial charge in [0.15, 0.2) is 11.5 Å². The number of carbonyl (C=O) groups excluding carboxylic acids is 1. The van der Waals surface area contributed by atoms with E-state index in [9.17, 15) is 9.18 Å². The van der Waals surface area contributed by atoms with Crippen LogP contribution in [0, 0.1) is 5.82 Å². The van der Waals surface area contributed by atoms with E-state index in [0.717, 1.165) is 53.5 Å². The van der Waals surface area contributed by atoms with E-state index in [0.29, 0.717) is 18.9 Å². The van der Waals surface area contributed by atoms with Crippen LogP contribution in [-0.4, -0.2) is 36.6 Å². The summed E-state index contributed by atoms with van der Waals surface area (Å²) >= 11 is 0. The number of nitrogens with one attached hydrogen (secondary N) is 1. The number of hydrogen-bond donors (Lipinski definition) is 1. The molecule has 152 valence electrons. The summed E-state index contributed by atoms with van der Waals surface area (Å²) in [4.78, 5) is 16.8. The molecular formula is C23H25FN2O3. The van der Waals surface area contributed by atoms with Crippen LogP contribution in [0.5, 0.6) is 11.5 Å². The molecular weight excluding hydrogens is 371 g/mol. The topological polar surface area (TPSA) is 54.6 Å². The summed E-state index contributed by atoms with van der Waals surface area (Å²) in [6.07, 6.45) is 5.11. The highest BCUT2D eigenvalue weighted by Gasteiger charge is 2.28. The second-order valence-corrected chi connectivity index (χ2v) is 7.29. The lowest BCUT2D eigenvalue weighted by Crippen LogP contribution is -2.34. The lowest BCUT2D eigenvalue weighted by atomic mass is 9.88. The maximum Gasteiger partial charge on any atom is 0.210 e. The molecule has 0 saturated heterocycles. The number of benzene rings is 2. The molecule has 6 heteroatoms.